The summed E-state index contributed by atoms with van der Waals surface area (Å²) in [5, 5.41) is 34.5. The number of fused-ring (bicyclic) bond motifs is 1. The summed E-state index contributed by atoms with van der Waals surface area (Å²) in [6.07, 6.45) is 4.15. The summed E-state index contributed by atoms with van der Waals surface area (Å²) in [4.78, 5) is 22.7. The van der Waals surface area contributed by atoms with Crippen LogP contribution in [0.3, 0.4) is 0 Å². The van der Waals surface area contributed by atoms with Crippen molar-refractivity contribution >= 4 is 27.4 Å². The number of aryl methyl sites for hydroxylation is 2. The Hall–Kier alpha value is -3.05. The molecule has 1 aliphatic carbocycles. The molecule has 0 radical (unpaired) electrons. The zero-order valence-corrected chi connectivity index (χ0v) is 19.7. The Bertz CT molecular complexity index is 1280. The number of nitrogens with one attached hydrogen (secondary N) is 1. The van der Waals surface area contributed by atoms with Crippen molar-refractivity contribution < 1.29 is 15.3 Å². The Morgan fingerprint density at radius 3 is 2.56 bits per heavy atom. The predicted molar refractivity (Wildman–Crippen MR) is 130 cm³/mol. The van der Waals surface area contributed by atoms with E-state index in [2.05, 4.69) is 20.3 Å². The topological polar surface area (TPSA) is 137 Å². The second kappa shape index (κ2) is 9.30. The number of pyridine rings is 2. The van der Waals surface area contributed by atoms with E-state index >= 15 is 0 Å². The molecule has 1 aliphatic rings. The molecular weight excluding hydrogens is 452 g/mol. The Morgan fingerprint density at radius 2 is 1.85 bits per heavy atom. The fraction of sp³-hybridized carbons (Fsp3) is 0.375. The highest BCUT2D eigenvalue weighted by atomic mass is 32.1. The third-order valence-corrected chi connectivity index (χ3v) is 7.16. The lowest BCUT2D eigenvalue weighted by Crippen LogP contribution is -2.35. The van der Waals surface area contributed by atoms with E-state index in [1.807, 2.05) is 32.0 Å². The second-order valence-electron chi connectivity index (χ2n) is 8.76. The van der Waals surface area contributed by atoms with Crippen LogP contribution in [0.4, 0.5) is 5.82 Å². The van der Waals surface area contributed by atoms with Crippen LogP contribution >= 0.6 is 11.3 Å². The van der Waals surface area contributed by atoms with Crippen LogP contribution in [-0.4, -0.2) is 65.1 Å². The van der Waals surface area contributed by atoms with Crippen LogP contribution in [0.2, 0.25) is 0 Å². The highest BCUT2D eigenvalue weighted by molar-refractivity contribution is 7.21. The van der Waals surface area contributed by atoms with E-state index in [9.17, 15) is 15.3 Å². The average Bonchev–Trinajstić information content (AvgIpc) is 3.35. The van der Waals surface area contributed by atoms with E-state index in [0.717, 1.165) is 32.2 Å². The molecule has 4 atom stereocenters. The van der Waals surface area contributed by atoms with Gasteiger partial charge in [-0.3, -0.25) is 9.97 Å². The minimum Gasteiger partial charge on any atom is -0.396 e. The molecule has 4 heterocycles. The van der Waals surface area contributed by atoms with Crippen molar-refractivity contribution in [3.8, 4) is 10.6 Å². The van der Waals surface area contributed by atoms with Gasteiger partial charge in [-0.05, 0) is 44.0 Å². The molecule has 1 saturated carbocycles. The maximum absolute atomic E-state index is 10.6. The Balaban J connectivity index is 1.52. The molecule has 0 unspecified atom stereocenters. The minimum absolute atomic E-state index is 0.191. The van der Waals surface area contributed by atoms with E-state index < -0.39 is 24.2 Å². The molecule has 0 aromatic carbocycles. The van der Waals surface area contributed by atoms with Crippen LogP contribution in [0.1, 0.15) is 29.2 Å². The summed E-state index contributed by atoms with van der Waals surface area (Å²) in [7, 11) is 0. The summed E-state index contributed by atoms with van der Waals surface area (Å²) in [6.45, 7) is 3.73. The lowest BCUT2D eigenvalue weighted by atomic mass is 10.1. The first-order chi connectivity index (χ1) is 16.4. The monoisotopic (exact) mass is 478 g/mol. The van der Waals surface area contributed by atoms with Gasteiger partial charge < -0.3 is 20.6 Å². The van der Waals surface area contributed by atoms with Gasteiger partial charge in [0.05, 0.1) is 27.9 Å². The SMILES string of the molecule is Cc1cc(Cc2ncc(-c3nc4ccncc4s3)c(N[C@@H]3C[C@H](CO)[C@@H](O)[C@H]3O)n2)cc(C)n1. The van der Waals surface area contributed by atoms with Gasteiger partial charge in [0.25, 0.3) is 0 Å². The van der Waals surface area contributed by atoms with Gasteiger partial charge in [0.15, 0.2) is 0 Å². The quantitative estimate of drug-likeness (QED) is 0.329. The van der Waals surface area contributed by atoms with Crippen molar-refractivity contribution in [2.75, 3.05) is 11.9 Å². The summed E-state index contributed by atoms with van der Waals surface area (Å²) >= 11 is 1.49. The van der Waals surface area contributed by atoms with Crippen LogP contribution in [0.5, 0.6) is 0 Å². The summed E-state index contributed by atoms with van der Waals surface area (Å²) in [5.41, 5.74) is 4.48. The van der Waals surface area contributed by atoms with Crippen molar-refractivity contribution in [2.45, 2.75) is 44.9 Å². The molecule has 4 aromatic heterocycles. The Morgan fingerprint density at radius 1 is 1.06 bits per heavy atom. The zero-order chi connectivity index (χ0) is 23.8. The van der Waals surface area contributed by atoms with E-state index in [0.29, 0.717) is 30.0 Å². The fourth-order valence-corrected chi connectivity index (χ4v) is 5.44. The van der Waals surface area contributed by atoms with E-state index in [1.54, 1.807) is 18.6 Å². The first kappa shape index (κ1) is 22.7. The molecule has 0 saturated heterocycles. The Kier molecular flexibility index (Phi) is 6.22. The van der Waals surface area contributed by atoms with E-state index in [1.165, 1.54) is 11.3 Å². The van der Waals surface area contributed by atoms with Crippen molar-refractivity contribution in [2.24, 2.45) is 5.92 Å². The normalized spacial score (nSPS) is 22.4. The van der Waals surface area contributed by atoms with Crippen molar-refractivity contribution in [3.05, 3.63) is 59.6 Å². The van der Waals surface area contributed by atoms with Gasteiger partial charge in [0.2, 0.25) is 0 Å². The highest BCUT2D eigenvalue weighted by Crippen LogP contribution is 2.35. The van der Waals surface area contributed by atoms with Crippen molar-refractivity contribution in [1.82, 2.24) is 24.9 Å². The molecule has 0 amide bonds. The molecule has 4 N–H and O–H groups in total. The van der Waals surface area contributed by atoms with Gasteiger partial charge >= 0.3 is 0 Å². The molecule has 1 fully saturated rings. The first-order valence-corrected chi connectivity index (χ1v) is 12.0. The standard InChI is InChI=1S/C24H26N6O3S/c1-12-5-14(6-13(2)27-12)7-20-26-9-16(24-29-17-3-4-25-10-19(17)34-24)23(30-20)28-18-8-15(11-31)21(32)22(18)33/h3-6,9-10,15,18,21-22,31-33H,7-8,11H2,1-2H3,(H,26,28,30)/t15-,18-,21-,22+/m1/s1. The van der Waals surface area contributed by atoms with Gasteiger partial charge in [0, 0.05) is 48.9 Å². The first-order valence-electron chi connectivity index (χ1n) is 11.2. The largest absolute Gasteiger partial charge is 0.396 e. The third-order valence-electron chi connectivity index (χ3n) is 6.12. The molecule has 10 heteroatoms. The van der Waals surface area contributed by atoms with E-state index in [4.69, 9.17) is 9.97 Å². The fourth-order valence-electron chi connectivity index (χ4n) is 4.50. The number of rotatable bonds is 6. The van der Waals surface area contributed by atoms with Gasteiger partial charge in [-0.1, -0.05) is 0 Å². The molecule has 34 heavy (non-hydrogen) atoms. The van der Waals surface area contributed by atoms with Gasteiger partial charge in [0.1, 0.15) is 22.8 Å². The maximum Gasteiger partial charge on any atom is 0.140 e. The zero-order valence-electron chi connectivity index (χ0n) is 18.9. The molecule has 5 rings (SSSR count). The third kappa shape index (κ3) is 4.49. The van der Waals surface area contributed by atoms with Crippen LogP contribution < -0.4 is 5.32 Å². The smallest absolute Gasteiger partial charge is 0.140 e. The number of anilines is 1. The van der Waals surface area contributed by atoms with E-state index in [-0.39, 0.29) is 6.61 Å². The molecule has 0 bridgehead atoms. The predicted octanol–water partition coefficient (Wildman–Crippen LogP) is 2.27. The van der Waals surface area contributed by atoms with Gasteiger partial charge in [-0.25, -0.2) is 15.0 Å². The number of aliphatic hydroxyl groups excluding tert-OH is 3. The maximum atomic E-state index is 10.6. The Labute approximate surface area is 200 Å². The highest BCUT2D eigenvalue weighted by Gasteiger charge is 2.41. The second-order valence-corrected chi connectivity index (χ2v) is 9.79. The van der Waals surface area contributed by atoms with Crippen LogP contribution in [0.25, 0.3) is 20.8 Å². The number of aromatic nitrogens is 5. The summed E-state index contributed by atoms with van der Waals surface area (Å²) in [6, 6.07) is 5.42. The average molecular weight is 479 g/mol. The number of aliphatic hydroxyl groups is 3. The number of hydrogen-bond donors (Lipinski definition) is 4. The van der Waals surface area contributed by atoms with Crippen molar-refractivity contribution in [1.29, 1.82) is 0 Å². The lowest BCUT2D eigenvalue weighted by molar-refractivity contribution is 0.00446. The van der Waals surface area contributed by atoms with Gasteiger partial charge in [-0.15, -0.1) is 11.3 Å². The minimum atomic E-state index is -1.02. The number of hydrogen-bond acceptors (Lipinski definition) is 10. The number of thiazole rings is 1. The molecular formula is C24H26N6O3S. The molecule has 176 valence electrons. The molecule has 4 aromatic rings. The summed E-state index contributed by atoms with van der Waals surface area (Å²) < 4.78 is 0.951. The van der Waals surface area contributed by atoms with Crippen molar-refractivity contribution in [3.63, 3.8) is 0 Å². The summed E-state index contributed by atoms with van der Waals surface area (Å²) in [5.74, 6) is 0.758. The van der Waals surface area contributed by atoms with Crippen LogP contribution in [0, 0.1) is 19.8 Å². The van der Waals surface area contributed by atoms with Crippen LogP contribution in [-0.2, 0) is 6.42 Å². The molecule has 9 nitrogen and oxygen atoms in total. The molecule has 0 spiro atoms. The van der Waals surface area contributed by atoms with Crippen LogP contribution in [0.15, 0.2) is 36.8 Å². The molecule has 0 aliphatic heterocycles. The van der Waals surface area contributed by atoms with Gasteiger partial charge in [-0.2, -0.15) is 0 Å². The lowest BCUT2D eigenvalue weighted by Gasteiger charge is -2.20. The number of nitrogens with zero attached hydrogens (tertiary/aromatic N) is 5.